The highest BCUT2D eigenvalue weighted by Gasteiger charge is 2.24. The van der Waals surface area contributed by atoms with Crippen molar-refractivity contribution in [2.45, 2.75) is 19.2 Å². The lowest BCUT2D eigenvalue weighted by Gasteiger charge is -2.10. The van der Waals surface area contributed by atoms with Gasteiger partial charge in [-0.25, -0.2) is 13.6 Å². The molecule has 1 rings (SSSR count). The third-order valence-corrected chi connectivity index (χ3v) is 2.34. The van der Waals surface area contributed by atoms with Crippen molar-refractivity contribution >= 4 is 17.6 Å². The maximum atomic E-state index is 12.7. The fourth-order valence-corrected chi connectivity index (χ4v) is 1.59. The number of halogens is 3. The van der Waals surface area contributed by atoms with Gasteiger partial charge in [-0.05, 0) is 6.92 Å². The minimum atomic E-state index is -2.90. The molecule has 1 N–H and O–H groups in total. The summed E-state index contributed by atoms with van der Waals surface area (Å²) < 4.78 is 30.0. The molecule has 17 heavy (non-hydrogen) atoms. The van der Waals surface area contributed by atoms with Crippen LogP contribution in [0.2, 0.25) is 0 Å². The maximum Gasteiger partial charge on any atom is 0.339 e. The largest absolute Gasteiger partial charge is 0.462 e. The van der Waals surface area contributed by atoms with Crippen LogP contribution in [0.4, 0.5) is 8.78 Å². The first-order valence-electron chi connectivity index (χ1n) is 4.78. The van der Waals surface area contributed by atoms with E-state index in [0.29, 0.717) is 0 Å². The molecule has 0 aliphatic rings. The molecule has 0 aliphatic heterocycles. The van der Waals surface area contributed by atoms with Gasteiger partial charge in [0.25, 0.3) is 12.0 Å². The molecule has 0 bridgehead atoms. The van der Waals surface area contributed by atoms with Crippen LogP contribution < -0.4 is 5.56 Å². The third-order valence-electron chi connectivity index (χ3n) is 2.07. The molecule has 0 fully saturated rings. The highest BCUT2D eigenvalue weighted by molar-refractivity contribution is 6.17. The molecule has 0 amide bonds. The lowest BCUT2D eigenvalue weighted by molar-refractivity contribution is 0.0513. The van der Waals surface area contributed by atoms with Crippen LogP contribution in [0, 0.1) is 0 Å². The molecule has 1 aromatic heterocycles. The summed E-state index contributed by atoms with van der Waals surface area (Å²) in [5.41, 5.74) is -1.91. The number of hydrogen-bond donors (Lipinski definition) is 1. The molecule has 0 saturated heterocycles. The van der Waals surface area contributed by atoms with Crippen molar-refractivity contribution in [1.29, 1.82) is 0 Å². The maximum absolute atomic E-state index is 12.7. The van der Waals surface area contributed by atoms with Gasteiger partial charge >= 0.3 is 5.97 Å². The van der Waals surface area contributed by atoms with Gasteiger partial charge in [0.1, 0.15) is 0 Å². The Balaban J connectivity index is 3.44. The monoisotopic (exact) mass is 265 g/mol. The van der Waals surface area contributed by atoms with Gasteiger partial charge in [0.2, 0.25) is 0 Å². The van der Waals surface area contributed by atoms with Gasteiger partial charge in [0, 0.05) is 17.3 Å². The molecular weight excluding hydrogens is 256 g/mol. The summed E-state index contributed by atoms with van der Waals surface area (Å²) >= 11 is 5.49. The zero-order valence-corrected chi connectivity index (χ0v) is 9.68. The Morgan fingerprint density at radius 2 is 2.24 bits per heavy atom. The van der Waals surface area contributed by atoms with Crippen molar-refractivity contribution in [3.63, 3.8) is 0 Å². The highest BCUT2D eigenvalue weighted by atomic mass is 35.5. The SMILES string of the molecule is CCOC(=O)c1c(C(F)F)c[nH]c(=O)c1CCl. The van der Waals surface area contributed by atoms with E-state index >= 15 is 0 Å². The zero-order chi connectivity index (χ0) is 13.0. The number of ether oxygens (including phenoxy) is 1. The van der Waals surface area contributed by atoms with Gasteiger partial charge in [-0.15, -0.1) is 11.6 Å². The normalized spacial score (nSPS) is 10.6. The molecule has 94 valence electrons. The summed E-state index contributed by atoms with van der Waals surface area (Å²) in [5.74, 6) is -1.31. The number of carbonyl (C=O) groups is 1. The number of carbonyl (C=O) groups excluding carboxylic acids is 1. The third kappa shape index (κ3) is 2.82. The summed E-state index contributed by atoms with van der Waals surface area (Å²) in [7, 11) is 0. The van der Waals surface area contributed by atoms with Crippen LogP contribution >= 0.6 is 11.6 Å². The first-order valence-corrected chi connectivity index (χ1v) is 5.32. The van der Waals surface area contributed by atoms with E-state index in [1.165, 1.54) is 6.92 Å². The van der Waals surface area contributed by atoms with Crippen LogP contribution in [0.25, 0.3) is 0 Å². The number of aromatic amines is 1. The van der Waals surface area contributed by atoms with Crippen LogP contribution in [0.15, 0.2) is 11.0 Å². The van der Waals surface area contributed by atoms with E-state index < -0.39 is 29.1 Å². The Labute approximate surface area is 101 Å². The number of nitrogens with one attached hydrogen (secondary N) is 1. The Morgan fingerprint density at radius 1 is 1.59 bits per heavy atom. The number of alkyl halides is 3. The molecule has 4 nitrogen and oxygen atoms in total. The molecule has 1 aromatic rings. The number of rotatable bonds is 4. The van der Waals surface area contributed by atoms with E-state index in [2.05, 4.69) is 9.72 Å². The second-order valence-electron chi connectivity index (χ2n) is 3.08. The lowest BCUT2D eigenvalue weighted by Crippen LogP contribution is -2.21. The van der Waals surface area contributed by atoms with Crippen molar-refractivity contribution in [2.75, 3.05) is 6.61 Å². The van der Waals surface area contributed by atoms with Crippen LogP contribution in [0.5, 0.6) is 0 Å². The second kappa shape index (κ2) is 5.77. The molecule has 0 saturated carbocycles. The molecule has 0 radical (unpaired) electrons. The van der Waals surface area contributed by atoms with Crippen molar-refractivity contribution in [1.82, 2.24) is 4.98 Å². The van der Waals surface area contributed by atoms with Gasteiger partial charge in [-0.1, -0.05) is 0 Å². The quantitative estimate of drug-likeness (QED) is 0.671. The van der Waals surface area contributed by atoms with Gasteiger partial charge in [-0.2, -0.15) is 0 Å². The minimum absolute atomic E-state index is 0.0238. The first kappa shape index (κ1) is 13.6. The lowest BCUT2D eigenvalue weighted by atomic mass is 10.1. The Morgan fingerprint density at radius 3 is 2.71 bits per heavy atom. The number of esters is 1. The fraction of sp³-hybridized carbons (Fsp3) is 0.400. The van der Waals surface area contributed by atoms with Crippen molar-refractivity contribution < 1.29 is 18.3 Å². The van der Waals surface area contributed by atoms with Crippen molar-refractivity contribution in [2.24, 2.45) is 0 Å². The predicted octanol–water partition coefficient (Wildman–Crippen LogP) is 2.23. The number of H-pyrrole nitrogens is 1. The van der Waals surface area contributed by atoms with E-state index in [1.54, 1.807) is 0 Å². The molecule has 1 heterocycles. The van der Waals surface area contributed by atoms with E-state index in [-0.39, 0.29) is 18.1 Å². The molecule has 0 spiro atoms. The average Bonchev–Trinajstić information content (AvgIpc) is 2.28. The summed E-state index contributed by atoms with van der Waals surface area (Å²) in [6.45, 7) is 1.56. The highest BCUT2D eigenvalue weighted by Crippen LogP contribution is 2.24. The van der Waals surface area contributed by atoms with E-state index in [4.69, 9.17) is 11.6 Å². The van der Waals surface area contributed by atoms with Crippen LogP contribution in [0.1, 0.15) is 34.8 Å². The summed E-state index contributed by atoms with van der Waals surface area (Å²) in [5, 5.41) is 0. The Hall–Kier alpha value is -1.43. The standard InChI is InChI=1S/C10H10ClF2NO3/c1-2-17-10(16)7-5(3-11)9(15)14-4-6(7)8(12)13/h4,8H,2-3H2,1H3,(H,14,15). The molecule has 0 unspecified atom stereocenters. The van der Waals surface area contributed by atoms with Gasteiger partial charge < -0.3 is 9.72 Å². The zero-order valence-electron chi connectivity index (χ0n) is 8.93. The van der Waals surface area contributed by atoms with Gasteiger partial charge in [0.05, 0.1) is 18.1 Å². The van der Waals surface area contributed by atoms with E-state index in [1.807, 2.05) is 0 Å². The number of pyridine rings is 1. The Bertz CT molecular complexity index is 473. The molecule has 0 aliphatic carbocycles. The first-order chi connectivity index (χ1) is 8.02. The fourth-order valence-electron chi connectivity index (χ4n) is 1.33. The molecular formula is C10H10ClF2NO3. The van der Waals surface area contributed by atoms with E-state index in [0.717, 1.165) is 6.20 Å². The van der Waals surface area contributed by atoms with E-state index in [9.17, 15) is 18.4 Å². The summed E-state index contributed by atoms with van der Waals surface area (Å²) in [6, 6.07) is 0. The van der Waals surface area contributed by atoms with Crippen LogP contribution in [-0.4, -0.2) is 17.6 Å². The van der Waals surface area contributed by atoms with Crippen molar-refractivity contribution in [3.8, 4) is 0 Å². The molecule has 0 atom stereocenters. The van der Waals surface area contributed by atoms with Crippen LogP contribution in [0.3, 0.4) is 0 Å². The van der Waals surface area contributed by atoms with Gasteiger partial charge in [0.15, 0.2) is 0 Å². The number of aromatic nitrogens is 1. The summed E-state index contributed by atoms with van der Waals surface area (Å²) in [6.07, 6.45) is -2.09. The predicted molar refractivity (Wildman–Crippen MR) is 57.5 cm³/mol. The minimum Gasteiger partial charge on any atom is -0.462 e. The topological polar surface area (TPSA) is 59.2 Å². The summed E-state index contributed by atoms with van der Waals surface area (Å²) in [4.78, 5) is 25.0. The average molecular weight is 266 g/mol. The molecule has 0 aromatic carbocycles. The Kier molecular flexibility index (Phi) is 4.62. The molecule has 7 heteroatoms. The second-order valence-corrected chi connectivity index (χ2v) is 3.35. The van der Waals surface area contributed by atoms with Crippen molar-refractivity contribution in [3.05, 3.63) is 33.2 Å². The smallest absolute Gasteiger partial charge is 0.339 e. The van der Waals surface area contributed by atoms with Crippen LogP contribution in [-0.2, 0) is 10.6 Å². The number of hydrogen-bond acceptors (Lipinski definition) is 3. The van der Waals surface area contributed by atoms with Gasteiger partial charge in [-0.3, -0.25) is 4.79 Å².